The van der Waals surface area contributed by atoms with Gasteiger partial charge in [0.1, 0.15) is 5.52 Å². The molecule has 1 aliphatic carbocycles. The van der Waals surface area contributed by atoms with Crippen LogP contribution in [0.15, 0.2) is 18.3 Å². The van der Waals surface area contributed by atoms with Gasteiger partial charge < -0.3 is 15.1 Å². The SMILES string of the molecule is CN1CCN(c2nc(NCCS(=O)(=O)NC3CCCC3)c3cccn3n2)CC1. The summed E-state index contributed by atoms with van der Waals surface area (Å²) in [5, 5.41) is 7.83. The van der Waals surface area contributed by atoms with E-state index < -0.39 is 10.0 Å². The summed E-state index contributed by atoms with van der Waals surface area (Å²) in [7, 11) is -1.18. The van der Waals surface area contributed by atoms with Crippen LogP contribution in [0.3, 0.4) is 0 Å². The molecule has 1 saturated carbocycles. The highest BCUT2D eigenvalue weighted by Crippen LogP contribution is 2.20. The minimum Gasteiger partial charge on any atom is -0.367 e. The summed E-state index contributed by atoms with van der Waals surface area (Å²) in [5.74, 6) is 1.38. The van der Waals surface area contributed by atoms with Crippen molar-refractivity contribution in [2.75, 3.05) is 55.7 Å². The van der Waals surface area contributed by atoms with Crippen LogP contribution in [0.2, 0.25) is 0 Å². The Balaban J connectivity index is 1.43. The third kappa shape index (κ3) is 4.56. The van der Waals surface area contributed by atoms with E-state index in [1.165, 1.54) is 0 Å². The molecule has 28 heavy (non-hydrogen) atoms. The Kier molecular flexibility index (Phi) is 5.70. The van der Waals surface area contributed by atoms with Crippen LogP contribution in [0.5, 0.6) is 0 Å². The van der Waals surface area contributed by atoms with Crippen molar-refractivity contribution in [2.24, 2.45) is 0 Å². The Labute approximate surface area is 166 Å². The van der Waals surface area contributed by atoms with E-state index >= 15 is 0 Å². The summed E-state index contributed by atoms with van der Waals surface area (Å²) in [4.78, 5) is 9.15. The van der Waals surface area contributed by atoms with Gasteiger partial charge in [0.2, 0.25) is 16.0 Å². The second-order valence-electron chi connectivity index (χ2n) is 7.73. The number of piperazine rings is 1. The lowest BCUT2D eigenvalue weighted by molar-refractivity contribution is 0.310. The van der Waals surface area contributed by atoms with Crippen LogP contribution in [0, 0.1) is 0 Å². The number of hydrogen-bond acceptors (Lipinski definition) is 7. The number of fused-ring (bicyclic) bond motifs is 1. The Morgan fingerprint density at radius 1 is 1.18 bits per heavy atom. The highest BCUT2D eigenvalue weighted by atomic mass is 32.2. The molecule has 9 nitrogen and oxygen atoms in total. The van der Waals surface area contributed by atoms with Crippen molar-refractivity contribution in [1.82, 2.24) is 24.2 Å². The van der Waals surface area contributed by atoms with E-state index in [4.69, 9.17) is 4.98 Å². The molecular weight excluding hydrogens is 378 g/mol. The fourth-order valence-electron chi connectivity index (χ4n) is 3.85. The molecule has 2 aromatic heterocycles. The van der Waals surface area contributed by atoms with Crippen molar-refractivity contribution in [2.45, 2.75) is 31.7 Å². The van der Waals surface area contributed by atoms with Gasteiger partial charge in [-0.15, -0.1) is 5.10 Å². The number of nitrogens with one attached hydrogen (secondary N) is 2. The zero-order valence-electron chi connectivity index (χ0n) is 16.3. The van der Waals surface area contributed by atoms with E-state index in [0.29, 0.717) is 18.3 Å². The van der Waals surface area contributed by atoms with Crippen molar-refractivity contribution < 1.29 is 8.42 Å². The monoisotopic (exact) mass is 407 g/mol. The lowest BCUT2D eigenvalue weighted by atomic mass is 10.3. The van der Waals surface area contributed by atoms with Crippen molar-refractivity contribution >= 4 is 27.3 Å². The van der Waals surface area contributed by atoms with Crippen LogP contribution in [0.4, 0.5) is 11.8 Å². The zero-order valence-corrected chi connectivity index (χ0v) is 17.2. The van der Waals surface area contributed by atoms with Gasteiger partial charge in [0.25, 0.3) is 0 Å². The van der Waals surface area contributed by atoms with Gasteiger partial charge in [-0.05, 0) is 32.0 Å². The molecule has 0 radical (unpaired) electrons. The Hall–Kier alpha value is -1.91. The first-order chi connectivity index (χ1) is 13.5. The summed E-state index contributed by atoms with van der Waals surface area (Å²) in [6.45, 7) is 4.01. The average Bonchev–Trinajstić information content (AvgIpc) is 3.33. The van der Waals surface area contributed by atoms with Gasteiger partial charge in [-0.3, -0.25) is 0 Å². The molecule has 3 heterocycles. The molecule has 154 valence electrons. The number of likely N-dealkylation sites (N-methyl/N-ethyl adjacent to an activating group) is 1. The van der Waals surface area contributed by atoms with Crippen LogP contribution >= 0.6 is 0 Å². The number of aromatic nitrogens is 3. The fourth-order valence-corrected chi connectivity index (χ4v) is 5.09. The molecule has 0 bridgehead atoms. The molecule has 0 atom stereocenters. The van der Waals surface area contributed by atoms with Gasteiger partial charge in [0, 0.05) is 45.0 Å². The van der Waals surface area contributed by atoms with Crippen molar-refractivity contribution in [3.05, 3.63) is 18.3 Å². The molecule has 0 amide bonds. The zero-order chi connectivity index (χ0) is 19.6. The van der Waals surface area contributed by atoms with Crippen LogP contribution in [0.1, 0.15) is 25.7 Å². The highest BCUT2D eigenvalue weighted by Gasteiger charge is 2.22. The van der Waals surface area contributed by atoms with Gasteiger partial charge in [0.15, 0.2) is 5.82 Å². The summed E-state index contributed by atoms with van der Waals surface area (Å²) < 4.78 is 29.3. The summed E-state index contributed by atoms with van der Waals surface area (Å²) in [6.07, 6.45) is 5.98. The van der Waals surface area contributed by atoms with Crippen LogP contribution in [0.25, 0.3) is 5.52 Å². The second kappa shape index (κ2) is 8.22. The van der Waals surface area contributed by atoms with Gasteiger partial charge in [-0.25, -0.2) is 17.7 Å². The molecule has 2 aromatic rings. The lowest BCUT2D eigenvalue weighted by Gasteiger charge is -2.32. The van der Waals surface area contributed by atoms with Gasteiger partial charge in [-0.2, -0.15) is 4.98 Å². The van der Waals surface area contributed by atoms with E-state index in [1.54, 1.807) is 4.52 Å². The quantitative estimate of drug-likeness (QED) is 0.699. The molecule has 2 aliphatic rings. The smallest absolute Gasteiger partial charge is 0.245 e. The van der Waals surface area contributed by atoms with E-state index in [-0.39, 0.29) is 11.8 Å². The summed E-state index contributed by atoms with van der Waals surface area (Å²) >= 11 is 0. The summed E-state index contributed by atoms with van der Waals surface area (Å²) in [5.41, 5.74) is 0.846. The number of anilines is 2. The lowest BCUT2D eigenvalue weighted by Crippen LogP contribution is -2.45. The fraction of sp³-hybridized carbons (Fsp3) is 0.667. The number of sulfonamides is 1. The molecule has 1 saturated heterocycles. The van der Waals surface area contributed by atoms with Gasteiger partial charge >= 0.3 is 0 Å². The van der Waals surface area contributed by atoms with Gasteiger partial charge in [-0.1, -0.05) is 12.8 Å². The first kappa shape index (κ1) is 19.4. The maximum Gasteiger partial charge on any atom is 0.245 e. The molecule has 4 rings (SSSR count). The number of nitrogens with zero attached hydrogens (tertiary/aromatic N) is 5. The van der Waals surface area contributed by atoms with Crippen molar-refractivity contribution in [3.8, 4) is 0 Å². The molecule has 10 heteroatoms. The van der Waals surface area contributed by atoms with Crippen LogP contribution < -0.4 is 14.9 Å². The number of rotatable bonds is 7. The minimum atomic E-state index is -3.29. The Morgan fingerprint density at radius 2 is 1.93 bits per heavy atom. The maximum atomic E-state index is 12.3. The van der Waals surface area contributed by atoms with Crippen molar-refractivity contribution in [3.63, 3.8) is 0 Å². The standard InChI is InChI=1S/C18H29N7O2S/c1-23-10-12-24(13-11-23)18-20-17(16-7-4-9-25(16)21-18)19-8-14-28(26,27)22-15-5-2-3-6-15/h4,7,9,15,22H,2-3,5-6,8,10-14H2,1H3,(H,19,20,21). The molecule has 0 aromatic carbocycles. The third-order valence-electron chi connectivity index (χ3n) is 5.53. The molecule has 2 N–H and O–H groups in total. The number of hydrogen-bond donors (Lipinski definition) is 2. The predicted octanol–water partition coefficient (Wildman–Crippen LogP) is 0.755. The Morgan fingerprint density at radius 3 is 2.68 bits per heavy atom. The summed E-state index contributed by atoms with van der Waals surface area (Å²) in [6, 6.07) is 3.95. The molecule has 0 spiro atoms. The topological polar surface area (TPSA) is 94.9 Å². The van der Waals surface area contributed by atoms with Crippen molar-refractivity contribution in [1.29, 1.82) is 0 Å². The first-order valence-electron chi connectivity index (χ1n) is 10.0. The normalized spacial score (nSPS) is 19.5. The van der Waals surface area contributed by atoms with E-state index in [2.05, 4.69) is 32.0 Å². The molecule has 2 fully saturated rings. The molecule has 1 aliphatic heterocycles. The maximum absolute atomic E-state index is 12.3. The van der Waals surface area contributed by atoms with Crippen LogP contribution in [-0.4, -0.2) is 79.5 Å². The third-order valence-corrected chi connectivity index (χ3v) is 6.96. The first-order valence-corrected chi connectivity index (χ1v) is 11.7. The molecule has 0 unspecified atom stereocenters. The highest BCUT2D eigenvalue weighted by molar-refractivity contribution is 7.89. The average molecular weight is 408 g/mol. The van der Waals surface area contributed by atoms with E-state index in [1.807, 2.05) is 18.3 Å². The van der Waals surface area contributed by atoms with Gasteiger partial charge in [0.05, 0.1) is 5.75 Å². The van der Waals surface area contributed by atoms with Crippen LogP contribution in [-0.2, 0) is 10.0 Å². The Bertz CT molecular complexity index is 900. The molecular formula is C18H29N7O2S. The van der Waals surface area contributed by atoms with E-state index in [0.717, 1.165) is 57.4 Å². The van der Waals surface area contributed by atoms with E-state index in [9.17, 15) is 8.42 Å². The largest absolute Gasteiger partial charge is 0.367 e. The second-order valence-corrected chi connectivity index (χ2v) is 9.61. The predicted molar refractivity (Wildman–Crippen MR) is 110 cm³/mol. The minimum absolute atomic E-state index is 0.0320.